The number of esters is 1. The molecule has 0 aliphatic carbocycles. The molecule has 0 radical (unpaired) electrons. The van der Waals surface area contributed by atoms with Crippen LogP contribution in [0.15, 0.2) is 30.3 Å². The van der Waals surface area contributed by atoms with Crippen LogP contribution in [0, 0.1) is 10.1 Å². The van der Waals surface area contributed by atoms with Crippen molar-refractivity contribution in [3.8, 4) is 11.5 Å². The lowest BCUT2D eigenvalue weighted by molar-refractivity contribution is -0.385. The molecule has 0 amide bonds. The van der Waals surface area contributed by atoms with Crippen LogP contribution in [0.25, 0.3) is 0 Å². The molecule has 0 aliphatic rings. The predicted octanol–water partition coefficient (Wildman–Crippen LogP) is 3.52. The molecule has 0 unspecified atom stereocenters. The van der Waals surface area contributed by atoms with Gasteiger partial charge in [-0.15, -0.1) is 0 Å². The van der Waals surface area contributed by atoms with E-state index < -0.39 is 16.6 Å². The normalized spacial score (nSPS) is 10.1. The van der Waals surface area contributed by atoms with Gasteiger partial charge >= 0.3 is 11.7 Å². The van der Waals surface area contributed by atoms with Gasteiger partial charge in [0.15, 0.2) is 5.69 Å². The summed E-state index contributed by atoms with van der Waals surface area (Å²) in [7, 11) is 1.36. The maximum absolute atomic E-state index is 12.0. The number of benzene rings is 1. The zero-order chi connectivity index (χ0) is 16.3. The molecular weight excluding hydrogens is 335 g/mol. The van der Waals surface area contributed by atoms with Crippen molar-refractivity contribution in [1.82, 2.24) is 4.98 Å². The quantitative estimate of drug-likeness (QED) is 0.277. The summed E-state index contributed by atoms with van der Waals surface area (Å²) in [6.07, 6.45) is 0. The first-order chi connectivity index (χ1) is 10.4. The average Bonchev–Trinajstić information content (AvgIpc) is 2.49. The van der Waals surface area contributed by atoms with Crippen molar-refractivity contribution in [1.29, 1.82) is 0 Å². The van der Waals surface area contributed by atoms with Crippen LogP contribution in [-0.2, 0) is 0 Å². The van der Waals surface area contributed by atoms with Crippen LogP contribution in [0.5, 0.6) is 11.5 Å². The minimum atomic E-state index is -0.958. The van der Waals surface area contributed by atoms with E-state index in [1.54, 1.807) is 0 Å². The molecule has 7 nitrogen and oxygen atoms in total. The second-order valence-electron chi connectivity index (χ2n) is 3.94. The summed E-state index contributed by atoms with van der Waals surface area (Å²) in [6, 6.07) is 6.57. The fourth-order valence-electron chi connectivity index (χ4n) is 1.56. The van der Waals surface area contributed by atoms with Gasteiger partial charge in [-0.05, 0) is 24.3 Å². The molecular formula is C13H8Cl2N2O5. The maximum Gasteiger partial charge on any atom is 0.364 e. The third kappa shape index (κ3) is 3.44. The Morgan fingerprint density at radius 1 is 1.27 bits per heavy atom. The van der Waals surface area contributed by atoms with Crippen molar-refractivity contribution in [2.45, 2.75) is 0 Å². The highest BCUT2D eigenvalue weighted by atomic mass is 35.5. The van der Waals surface area contributed by atoms with Crippen molar-refractivity contribution in [2.75, 3.05) is 7.11 Å². The number of nitrogens with zero attached hydrogens (tertiary/aromatic N) is 2. The molecule has 9 heteroatoms. The van der Waals surface area contributed by atoms with Crippen LogP contribution in [0.1, 0.15) is 10.5 Å². The second-order valence-corrected chi connectivity index (χ2v) is 4.74. The van der Waals surface area contributed by atoms with Gasteiger partial charge in [0, 0.05) is 0 Å². The van der Waals surface area contributed by atoms with Crippen LogP contribution in [0.4, 0.5) is 5.69 Å². The van der Waals surface area contributed by atoms with Gasteiger partial charge in [0.05, 0.1) is 23.1 Å². The number of halogens is 2. The van der Waals surface area contributed by atoms with E-state index in [1.807, 2.05) is 0 Å². The lowest BCUT2D eigenvalue weighted by Crippen LogP contribution is -2.12. The number of carbonyl (C=O) groups excluding carboxylic acids is 1. The molecule has 0 saturated carbocycles. The molecule has 0 N–H and O–H groups in total. The number of hydrogen-bond donors (Lipinski definition) is 0. The standard InChI is InChI=1S/C13H8Cl2N2O5/c1-21-7-2-4-10(9(6-7)17(19)20)22-13(18)12-8(14)3-5-11(15)16-12/h2-6H,1H3. The van der Waals surface area contributed by atoms with Crippen LogP contribution in [0.3, 0.4) is 0 Å². The van der Waals surface area contributed by atoms with E-state index in [0.717, 1.165) is 6.07 Å². The Hall–Kier alpha value is -2.38. The van der Waals surface area contributed by atoms with E-state index in [1.165, 1.54) is 31.4 Å². The first kappa shape index (κ1) is 16.0. The van der Waals surface area contributed by atoms with Gasteiger partial charge in [-0.1, -0.05) is 23.2 Å². The van der Waals surface area contributed by atoms with Gasteiger partial charge in [-0.3, -0.25) is 10.1 Å². The zero-order valence-corrected chi connectivity index (χ0v) is 12.6. The monoisotopic (exact) mass is 342 g/mol. The van der Waals surface area contributed by atoms with E-state index >= 15 is 0 Å². The van der Waals surface area contributed by atoms with Gasteiger partial charge < -0.3 is 9.47 Å². The largest absolute Gasteiger partial charge is 0.496 e. The van der Waals surface area contributed by atoms with Crippen molar-refractivity contribution < 1.29 is 19.2 Å². The minimum Gasteiger partial charge on any atom is -0.496 e. The molecule has 2 rings (SSSR count). The van der Waals surface area contributed by atoms with Gasteiger partial charge in [-0.25, -0.2) is 9.78 Å². The molecule has 0 atom stereocenters. The van der Waals surface area contributed by atoms with E-state index in [-0.39, 0.29) is 27.4 Å². The summed E-state index contributed by atoms with van der Waals surface area (Å²) in [5, 5.41) is 11.1. The summed E-state index contributed by atoms with van der Waals surface area (Å²) < 4.78 is 9.88. The van der Waals surface area contributed by atoms with Gasteiger partial charge in [-0.2, -0.15) is 0 Å². The molecule has 22 heavy (non-hydrogen) atoms. The Morgan fingerprint density at radius 3 is 2.64 bits per heavy atom. The number of aromatic nitrogens is 1. The Balaban J connectivity index is 2.36. The molecule has 1 aromatic carbocycles. The minimum absolute atomic E-state index is 0.0190. The average molecular weight is 343 g/mol. The van der Waals surface area contributed by atoms with Crippen molar-refractivity contribution in [3.63, 3.8) is 0 Å². The molecule has 114 valence electrons. The lowest BCUT2D eigenvalue weighted by atomic mass is 10.2. The third-order valence-corrected chi connectivity index (χ3v) is 3.09. The molecule has 0 fully saturated rings. The number of ether oxygens (including phenoxy) is 2. The van der Waals surface area contributed by atoms with Crippen molar-refractivity contribution in [3.05, 3.63) is 56.3 Å². The first-order valence-electron chi connectivity index (χ1n) is 5.79. The second kappa shape index (κ2) is 6.59. The number of rotatable bonds is 4. The molecule has 2 aromatic rings. The molecule has 0 saturated heterocycles. The van der Waals surface area contributed by atoms with Crippen LogP contribution >= 0.6 is 23.2 Å². The summed E-state index contributed by atoms with van der Waals surface area (Å²) in [4.78, 5) is 26.1. The van der Waals surface area contributed by atoms with Gasteiger partial charge in [0.1, 0.15) is 10.9 Å². The number of nitro benzene ring substituents is 1. The van der Waals surface area contributed by atoms with E-state index in [4.69, 9.17) is 32.7 Å². The highest BCUT2D eigenvalue weighted by Gasteiger charge is 2.22. The van der Waals surface area contributed by atoms with Crippen LogP contribution in [-0.4, -0.2) is 23.0 Å². The fourth-order valence-corrected chi connectivity index (χ4v) is 1.89. The summed E-state index contributed by atoms with van der Waals surface area (Å²) in [5.41, 5.74) is -0.662. The Bertz CT molecular complexity index is 751. The number of methoxy groups -OCH3 is 1. The Labute approximate surface area is 134 Å². The van der Waals surface area contributed by atoms with Crippen molar-refractivity contribution >= 4 is 34.9 Å². The molecule has 0 aliphatic heterocycles. The Morgan fingerprint density at radius 2 is 2.00 bits per heavy atom. The Kier molecular flexibility index (Phi) is 4.79. The third-order valence-electron chi connectivity index (χ3n) is 2.57. The molecule has 0 spiro atoms. The number of hydrogen-bond acceptors (Lipinski definition) is 6. The molecule has 1 heterocycles. The van der Waals surface area contributed by atoms with Gasteiger partial charge in [0.25, 0.3) is 0 Å². The smallest absolute Gasteiger partial charge is 0.364 e. The first-order valence-corrected chi connectivity index (χ1v) is 6.54. The molecule has 1 aromatic heterocycles. The summed E-state index contributed by atoms with van der Waals surface area (Å²) >= 11 is 11.5. The SMILES string of the molecule is COc1ccc(OC(=O)c2nc(Cl)ccc2Cl)c([N+](=O)[O-])c1. The summed E-state index contributed by atoms with van der Waals surface area (Å²) in [6.45, 7) is 0. The topological polar surface area (TPSA) is 91.6 Å². The van der Waals surface area contributed by atoms with Gasteiger partial charge in [0.2, 0.25) is 5.75 Å². The van der Waals surface area contributed by atoms with Crippen molar-refractivity contribution in [2.24, 2.45) is 0 Å². The summed E-state index contributed by atoms with van der Waals surface area (Å²) in [5.74, 6) is -0.958. The van der Waals surface area contributed by atoms with Crippen LogP contribution < -0.4 is 9.47 Å². The lowest BCUT2D eigenvalue weighted by Gasteiger charge is -2.07. The predicted molar refractivity (Wildman–Crippen MR) is 78.9 cm³/mol. The maximum atomic E-state index is 12.0. The number of nitro groups is 1. The highest BCUT2D eigenvalue weighted by molar-refractivity contribution is 6.34. The fraction of sp³-hybridized carbons (Fsp3) is 0.0769. The van der Waals surface area contributed by atoms with E-state index in [9.17, 15) is 14.9 Å². The van der Waals surface area contributed by atoms with E-state index in [0.29, 0.717) is 0 Å². The number of carbonyl (C=O) groups is 1. The highest BCUT2D eigenvalue weighted by Crippen LogP contribution is 2.32. The number of pyridine rings is 1. The van der Waals surface area contributed by atoms with Crippen LogP contribution in [0.2, 0.25) is 10.2 Å². The molecule has 0 bridgehead atoms. The zero-order valence-electron chi connectivity index (χ0n) is 11.1. The van der Waals surface area contributed by atoms with E-state index in [2.05, 4.69) is 4.98 Å².